The second-order valence-electron chi connectivity index (χ2n) is 4.15. The van der Waals surface area contributed by atoms with Gasteiger partial charge in [-0.25, -0.2) is 13.8 Å². The van der Waals surface area contributed by atoms with Gasteiger partial charge in [0.05, 0.1) is 5.56 Å². The van der Waals surface area contributed by atoms with Gasteiger partial charge in [-0.05, 0) is 23.6 Å². The topological polar surface area (TPSA) is 26.0 Å². The first kappa shape index (κ1) is 11.0. The fourth-order valence-electron chi connectivity index (χ4n) is 1.69. The number of hydrogen-bond acceptors (Lipinski definition) is 2. The first-order valence-electron chi connectivity index (χ1n) is 5.18. The Bertz CT molecular complexity index is 517. The van der Waals surface area contributed by atoms with Crippen molar-refractivity contribution in [2.24, 2.45) is 0 Å². The van der Waals surface area contributed by atoms with E-state index < -0.39 is 6.43 Å². The molecule has 2 nitrogen and oxygen atoms in total. The number of nitrogens with zero attached hydrogens (tertiary/aromatic N) is 1. The number of hydrogen-bond donors (Lipinski definition) is 0. The van der Waals surface area contributed by atoms with E-state index in [9.17, 15) is 8.78 Å². The quantitative estimate of drug-likeness (QED) is 0.765. The molecule has 1 heterocycles. The van der Waals surface area contributed by atoms with E-state index >= 15 is 0 Å². The van der Waals surface area contributed by atoms with E-state index in [0.717, 1.165) is 5.56 Å². The zero-order valence-electron chi connectivity index (χ0n) is 9.42. The minimum atomic E-state index is -2.53. The Kier molecular flexibility index (Phi) is 2.66. The van der Waals surface area contributed by atoms with Crippen LogP contribution in [0.2, 0.25) is 0 Å². The number of alkyl halides is 2. The highest BCUT2D eigenvalue weighted by molar-refractivity contribution is 5.78. The molecule has 0 unspecified atom stereocenters. The van der Waals surface area contributed by atoms with Crippen molar-refractivity contribution in [2.45, 2.75) is 33.1 Å². The van der Waals surface area contributed by atoms with Gasteiger partial charge in [-0.3, -0.25) is 0 Å². The van der Waals surface area contributed by atoms with Crippen LogP contribution in [0.25, 0.3) is 11.1 Å². The first-order valence-corrected chi connectivity index (χ1v) is 5.18. The lowest BCUT2D eigenvalue weighted by molar-refractivity contribution is 0.151. The average molecular weight is 225 g/mol. The van der Waals surface area contributed by atoms with Crippen LogP contribution >= 0.6 is 0 Å². The molecule has 2 aromatic rings. The van der Waals surface area contributed by atoms with Gasteiger partial charge in [0.1, 0.15) is 5.52 Å². The molecule has 86 valence electrons. The summed E-state index contributed by atoms with van der Waals surface area (Å²) in [6, 6.07) is 3.31. The smallest absolute Gasteiger partial charge is 0.267 e. The zero-order valence-corrected chi connectivity index (χ0v) is 9.42. The Hall–Kier alpha value is -1.45. The van der Waals surface area contributed by atoms with Gasteiger partial charge in [0, 0.05) is 6.92 Å². The molecular formula is C12H13F2NO. The number of aromatic nitrogens is 1. The summed E-state index contributed by atoms with van der Waals surface area (Å²) in [5.41, 5.74) is 1.51. The van der Waals surface area contributed by atoms with Crippen LogP contribution in [0.3, 0.4) is 0 Å². The van der Waals surface area contributed by atoms with Crippen LogP contribution in [0.4, 0.5) is 8.78 Å². The van der Waals surface area contributed by atoms with Gasteiger partial charge in [-0.2, -0.15) is 0 Å². The van der Waals surface area contributed by atoms with Gasteiger partial charge in [0.25, 0.3) is 6.43 Å². The Balaban J connectivity index is 2.73. The van der Waals surface area contributed by atoms with Gasteiger partial charge < -0.3 is 4.42 Å². The fraction of sp³-hybridized carbons (Fsp3) is 0.417. The van der Waals surface area contributed by atoms with Crippen LogP contribution in [0, 0.1) is 6.92 Å². The molecule has 16 heavy (non-hydrogen) atoms. The van der Waals surface area contributed by atoms with E-state index in [0.29, 0.717) is 11.4 Å². The highest BCUT2D eigenvalue weighted by Gasteiger charge is 2.18. The third-order valence-corrected chi connectivity index (χ3v) is 2.55. The van der Waals surface area contributed by atoms with Crippen molar-refractivity contribution < 1.29 is 13.2 Å². The molecule has 0 N–H and O–H groups in total. The Morgan fingerprint density at radius 3 is 2.50 bits per heavy atom. The second kappa shape index (κ2) is 3.85. The van der Waals surface area contributed by atoms with Crippen LogP contribution in [0.15, 0.2) is 16.5 Å². The molecule has 0 fully saturated rings. The van der Waals surface area contributed by atoms with E-state index in [2.05, 4.69) is 4.98 Å². The maximum atomic E-state index is 12.9. The molecule has 0 radical (unpaired) electrons. The molecule has 4 heteroatoms. The number of aryl methyl sites for hydroxylation is 1. The Morgan fingerprint density at radius 2 is 1.94 bits per heavy atom. The number of oxazole rings is 1. The standard InChI is InChI=1S/C12H13F2NO/c1-6(2)8-4-9(12(13)14)11-10(5-8)15-7(3)16-11/h4-6,12H,1-3H3. The summed E-state index contributed by atoms with van der Waals surface area (Å²) in [5.74, 6) is 0.608. The van der Waals surface area contributed by atoms with Gasteiger partial charge in [-0.15, -0.1) is 0 Å². The summed E-state index contributed by atoms with van der Waals surface area (Å²) in [7, 11) is 0. The van der Waals surface area contributed by atoms with Gasteiger partial charge in [-0.1, -0.05) is 13.8 Å². The van der Waals surface area contributed by atoms with Crippen LogP contribution in [0.1, 0.15) is 43.2 Å². The third-order valence-electron chi connectivity index (χ3n) is 2.55. The first-order chi connectivity index (χ1) is 7.49. The van der Waals surface area contributed by atoms with Gasteiger partial charge >= 0.3 is 0 Å². The van der Waals surface area contributed by atoms with Crippen molar-refractivity contribution in [2.75, 3.05) is 0 Å². The Morgan fingerprint density at radius 1 is 1.25 bits per heavy atom. The van der Waals surface area contributed by atoms with E-state index in [-0.39, 0.29) is 17.1 Å². The average Bonchev–Trinajstić information content (AvgIpc) is 2.55. The predicted octanol–water partition coefficient (Wildman–Crippen LogP) is 4.20. The lowest BCUT2D eigenvalue weighted by Crippen LogP contribution is -1.92. The van der Waals surface area contributed by atoms with Crippen LogP contribution in [-0.2, 0) is 0 Å². The summed E-state index contributed by atoms with van der Waals surface area (Å²) in [5, 5.41) is 0. The summed E-state index contributed by atoms with van der Waals surface area (Å²) < 4.78 is 30.9. The highest BCUT2D eigenvalue weighted by atomic mass is 19.3. The predicted molar refractivity (Wildman–Crippen MR) is 57.8 cm³/mol. The number of benzene rings is 1. The lowest BCUT2D eigenvalue weighted by atomic mass is 10.00. The van der Waals surface area contributed by atoms with Crippen LogP contribution < -0.4 is 0 Å². The number of fused-ring (bicyclic) bond motifs is 1. The lowest BCUT2D eigenvalue weighted by Gasteiger charge is -2.07. The van der Waals surface area contributed by atoms with E-state index in [1.807, 2.05) is 19.9 Å². The van der Waals surface area contributed by atoms with Gasteiger partial charge in [0.15, 0.2) is 11.5 Å². The highest BCUT2D eigenvalue weighted by Crippen LogP contribution is 2.31. The minimum absolute atomic E-state index is 0.0678. The molecule has 0 aliphatic carbocycles. The van der Waals surface area contributed by atoms with Crippen LogP contribution in [-0.4, -0.2) is 4.98 Å². The normalized spacial score (nSPS) is 11.9. The monoisotopic (exact) mass is 225 g/mol. The van der Waals surface area contributed by atoms with Crippen molar-refractivity contribution in [3.05, 3.63) is 29.2 Å². The molecule has 0 atom stereocenters. The fourth-order valence-corrected chi connectivity index (χ4v) is 1.69. The molecule has 0 spiro atoms. The maximum absolute atomic E-state index is 12.9. The number of rotatable bonds is 2. The molecule has 0 aliphatic heterocycles. The molecule has 0 saturated heterocycles. The zero-order chi connectivity index (χ0) is 11.9. The number of halogens is 2. The van der Waals surface area contributed by atoms with Crippen molar-refractivity contribution in [1.82, 2.24) is 4.98 Å². The third kappa shape index (κ3) is 1.79. The molecule has 2 rings (SSSR count). The maximum Gasteiger partial charge on any atom is 0.267 e. The molecule has 0 bridgehead atoms. The molecule has 0 amide bonds. The van der Waals surface area contributed by atoms with Crippen molar-refractivity contribution in [1.29, 1.82) is 0 Å². The van der Waals surface area contributed by atoms with Crippen LogP contribution in [0.5, 0.6) is 0 Å². The van der Waals surface area contributed by atoms with E-state index in [1.54, 1.807) is 6.92 Å². The summed E-state index contributed by atoms with van der Waals surface area (Å²) >= 11 is 0. The van der Waals surface area contributed by atoms with Crippen molar-refractivity contribution in [3.8, 4) is 0 Å². The molecule has 1 aromatic carbocycles. The van der Waals surface area contributed by atoms with Gasteiger partial charge in [0.2, 0.25) is 0 Å². The minimum Gasteiger partial charge on any atom is -0.440 e. The SMILES string of the molecule is Cc1nc2cc(C(C)C)cc(C(F)F)c2o1. The van der Waals surface area contributed by atoms with E-state index in [1.165, 1.54) is 6.07 Å². The van der Waals surface area contributed by atoms with E-state index in [4.69, 9.17) is 4.42 Å². The molecule has 1 aromatic heterocycles. The second-order valence-corrected chi connectivity index (χ2v) is 4.15. The molecular weight excluding hydrogens is 212 g/mol. The largest absolute Gasteiger partial charge is 0.440 e. The van der Waals surface area contributed by atoms with Crippen molar-refractivity contribution >= 4 is 11.1 Å². The van der Waals surface area contributed by atoms with Crippen molar-refractivity contribution in [3.63, 3.8) is 0 Å². The molecule has 0 aliphatic rings. The molecule has 0 saturated carbocycles. The Labute approximate surface area is 92.3 Å². The summed E-state index contributed by atoms with van der Waals surface area (Å²) in [6.45, 7) is 5.58. The summed E-state index contributed by atoms with van der Waals surface area (Å²) in [4.78, 5) is 4.10. The summed E-state index contributed by atoms with van der Waals surface area (Å²) in [6.07, 6.45) is -2.53.